The smallest absolute Gasteiger partial charge is 0.387 e. The van der Waals surface area contributed by atoms with Crippen molar-refractivity contribution >= 4 is 23.8 Å². The zero-order valence-corrected chi connectivity index (χ0v) is 13.8. The molecule has 25 heavy (non-hydrogen) atoms. The Kier molecular flexibility index (Phi) is 6.12. The molecule has 0 radical (unpaired) electrons. The highest BCUT2D eigenvalue weighted by Gasteiger charge is 2.07. The molecule has 0 aliphatic heterocycles. The van der Waals surface area contributed by atoms with Crippen LogP contribution in [0.5, 0.6) is 5.75 Å². The van der Waals surface area contributed by atoms with E-state index in [0.717, 1.165) is 0 Å². The van der Waals surface area contributed by atoms with Crippen LogP contribution in [0, 0.1) is 4.77 Å². The summed E-state index contributed by atoms with van der Waals surface area (Å²) < 4.78 is 28.9. The number of nitrogens with one attached hydrogen (secondary N) is 3. The van der Waals surface area contributed by atoms with Gasteiger partial charge in [-0.3, -0.25) is 14.6 Å². The summed E-state index contributed by atoms with van der Waals surface area (Å²) in [6.45, 7) is -1.32. The van der Waals surface area contributed by atoms with Crippen molar-refractivity contribution in [2.45, 2.75) is 20.0 Å². The quantitative estimate of drug-likeness (QED) is 0.413. The molecular weight excluding hydrogens is 354 g/mol. The van der Waals surface area contributed by atoms with Gasteiger partial charge in [0, 0.05) is 17.3 Å². The Labute approximate surface area is 145 Å². The summed E-state index contributed by atoms with van der Waals surface area (Å²) in [7, 11) is 0. The molecule has 1 aromatic heterocycles. The highest BCUT2D eigenvalue weighted by atomic mass is 32.1. The molecule has 7 nitrogen and oxygen atoms in total. The average molecular weight is 368 g/mol. The number of amides is 1. The van der Waals surface area contributed by atoms with Crippen LogP contribution in [0.1, 0.15) is 18.2 Å². The second-order valence-electron chi connectivity index (χ2n) is 4.93. The second kappa shape index (κ2) is 8.29. The summed E-state index contributed by atoms with van der Waals surface area (Å²) in [4.78, 5) is 28.2. The van der Waals surface area contributed by atoms with Crippen molar-refractivity contribution in [3.63, 3.8) is 0 Å². The Bertz CT molecular complexity index is 880. The predicted octanol–water partition coefficient (Wildman–Crippen LogP) is 2.12. The molecule has 3 N–H and O–H groups in total. The van der Waals surface area contributed by atoms with Gasteiger partial charge >= 0.3 is 6.61 Å². The molecule has 0 bridgehead atoms. The van der Waals surface area contributed by atoms with E-state index in [1.165, 1.54) is 24.3 Å². The number of carbonyl (C=O) groups excluding carboxylic acids is 1. The van der Waals surface area contributed by atoms with E-state index in [0.29, 0.717) is 17.0 Å². The number of rotatable bonds is 6. The van der Waals surface area contributed by atoms with E-state index in [1.54, 1.807) is 13.0 Å². The Morgan fingerprint density at radius 2 is 2.12 bits per heavy atom. The molecule has 0 unspecified atom stereocenters. The SMILES string of the molecule is C/C(=N/NC(=O)Cc1cc(=O)[nH]c(=S)[nH]1)c1cccc(OC(F)F)c1. The number of carbonyl (C=O) groups is 1. The van der Waals surface area contributed by atoms with Gasteiger partial charge in [0.15, 0.2) is 4.77 Å². The summed E-state index contributed by atoms with van der Waals surface area (Å²) in [5.41, 5.74) is 3.15. The maximum atomic E-state index is 12.2. The average Bonchev–Trinajstić information content (AvgIpc) is 2.51. The zero-order chi connectivity index (χ0) is 18.4. The summed E-state index contributed by atoms with van der Waals surface area (Å²) in [5.74, 6) is -0.486. The third-order valence-electron chi connectivity index (χ3n) is 2.99. The molecular formula is C15H14F2N4O3S. The van der Waals surface area contributed by atoms with Gasteiger partial charge in [0.25, 0.3) is 5.56 Å². The van der Waals surface area contributed by atoms with Gasteiger partial charge in [-0.2, -0.15) is 13.9 Å². The number of aromatic nitrogens is 2. The van der Waals surface area contributed by atoms with E-state index in [-0.39, 0.29) is 16.9 Å². The molecule has 1 amide bonds. The van der Waals surface area contributed by atoms with Gasteiger partial charge < -0.3 is 9.72 Å². The van der Waals surface area contributed by atoms with Gasteiger partial charge in [0.05, 0.1) is 12.1 Å². The van der Waals surface area contributed by atoms with Gasteiger partial charge in [0.2, 0.25) is 5.91 Å². The number of H-pyrrole nitrogens is 2. The standard InChI is InChI=1S/C15H14F2N4O3S/c1-8(9-3-2-4-11(5-9)24-14(16)17)20-21-13(23)7-10-6-12(22)19-15(25)18-10/h2-6,14H,7H2,1H3,(H,21,23)(H2,18,19,22,25)/b20-8-. The summed E-state index contributed by atoms with van der Waals surface area (Å²) >= 11 is 4.82. The maximum absolute atomic E-state index is 12.2. The van der Waals surface area contributed by atoms with Gasteiger partial charge in [-0.05, 0) is 31.3 Å². The van der Waals surface area contributed by atoms with E-state index in [1.807, 2.05) is 0 Å². The first-order valence-electron chi connectivity index (χ1n) is 7.04. The Balaban J connectivity index is 2.04. The lowest BCUT2D eigenvalue weighted by Gasteiger charge is -2.07. The number of hydrogen-bond donors (Lipinski definition) is 3. The minimum atomic E-state index is -2.92. The van der Waals surface area contributed by atoms with Crippen LogP contribution in [-0.2, 0) is 11.2 Å². The molecule has 2 aromatic rings. The van der Waals surface area contributed by atoms with Gasteiger partial charge in [0.1, 0.15) is 5.75 Å². The molecule has 132 valence electrons. The van der Waals surface area contributed by atoms with Crippen LogP contribution in [0.25, 0.3) is 0 Å². The second-order valence-corrected chi connectivity index (χ2v) is 5.34. The van der Waals surface area contributed by atoms with Crippen LogP contribution in [0.15, 0.2) is 40.2 Å². The van der Waals surface area contributed by atoms with Crippen LogP contribution >= 0.6 is 12.2 Å². The first kappa shape index (κ1) is 18.5. The van der Waals surface area contributed by atoms with Crippen molar-refractivity contribution in [2.75, 3.05) is 0 Å². The van der Waals surface area contributed by atoms with Crippen molar-refractivity contribution in [1.82, 2.24) is 15.4 Å². The topological polar surface area (TPSA) is 99.3 Å². The molecule has 0 fully saturated rings. The third-order valence-corrected chi connectivity index (χ3v) is 3.20. The molecule has 0 aliphatic rings. The number of hydrazone groups is 1. The van der Waals surface area contributed by atoms with E-state index in [9.17, 15) is 18.4 Å². The van der Waals surface area contributed by atoms with Gasteiger partial charge in [-0.1, -0.05) is 12.1 Å². The highest BCUT2D eigenvalue weighted by molar-refractivity contribution is 7.71. The molecule has 10 heteroatoms. The number of halogens is 2. The van der Waals surface area contributed by atoms with Crippen molar-refractivity contribution in [1.29, 1.82) is 0 Å². The monoisotopic (exact) mass is 368 g/mol. The summed E-state index contributed by atoms with van der Waals surface area (Å²) in [6, 6.07) is 7.15. The number of ether oxygens (including phenoxy) is 1. The molecule has 0 atom stereocenters. The van der Waals surface area contributed by atoms with Gasteiger partial charge in [-0.25, -0.2) is 5.43 Å². The van der Waals surface area contributed by atoms with Crippen LogP contribution in [-0.4, -0.2) is 28.2 Å². The molecule has 0 saturated heterocycles. The van der Waals surface area contributed by atoms with E-state index in [2.05, 4.69) is 25.2 Å². The van der Waals surface area contributed by atoms with Crippen LogP contribution < -0.4 is 15.7 Å². The zero-order valence-electron chi connectivity index (χ0n) is 13.0. The van der Waals surface area contributed by atoms with E-state index in [4.69, 9.17) is 12.2 Å². The number of aromatic amines is 2. The predicted molar refractivity (Wildman–Crippen MR) is 89.4 cm³/mol. The fraction of sp³-hybridized carbons (Fsp3) is 0.200. The van der Waals surface area contributed by atoms with Crippen molar-refractivity contribution in [3.05, 3.63) is 56.7 Å². The van der Waals surface area contributed by atoms with Crippen LogP contribution in [0.2, 0.25) is 0 Å². The minimum absolute atomic E-state index is 0.00976. The number of hydrogen-bond acceptors (Lipinski definition) is 5. The molecule has 1 heterocycles. The first-order valence-corrected chi connectivity index (χ1v) is 7.45. The first-order chi connectivity index (χ1) is 11.8. The number of nitrogens with zero attached hydrogens (tertiary/aromatic N) is 1. The minimum Gasteiger partial charge on any atom is -0.435 e. The van der Waals surface area contributed by atoms with Crippen molar-refractivity contribution in [3.8, 4) is 5.75 Å². The fourth-order valence-electron chi connectivity index (χ4n) is 1.94. The summed E-state index contributed by atoms with van der Waals surface area (Å²) in [6.07, 6.45) is -0.126. The maximum Gasteiger partial charge on any atom is 0.387 e. The number of benzene rings is 1. The molecule has 1 aromatic carbocycles. The lowest BCUT2D eigenvalue weighted by Crippen LogP contribution is -2.23. The largest absolute Gasteiger partial charge is 0.435 e. The summed E-state index contributed by atoms with van der Waals surface area (Å²) in [5, 5.41) is 3.90. The Hall–Kier alpha value is -2.88. The van der Waals surface area contributed by atoms with Crippen LogP contribution in [0.3, 0.4) is 0 Å². The van der Waals surface area contributed by atoms with Crippen molar-refractivity contribution in [2.24, 2.45) is 5.10 Å². The van der Waals surface area contributed by atoms with Gasteiger partial charge in [-0.15, -0.1) is 0 Å². The highest BCUT2D eigenvalue weighted by Crippen LogP contribution is 2.16. The molecule has 0 saturated carbocycles. The van der Waals surface area contributed by atoms with Crippen molar-refractivity contribution < 1.29 is 18.3 Å². The lowest BCUT2D eigenvalue weighted by atomic mass is 10.1. The van der Waals surface area contributed by atoms with E-state index < -0.39 is 18.1 Å². The molecule has 0 aliphatic carbocycles. The molecule has 2 rings (SSSR count). The third kappa shape index (κ3) is 5.92. The van der Waals surface area contributed by atoms with Crippen LogP contribution in [0.4, 0.5) is 8.78 Å². The van der Waals surface area contributed by atoms with E-state index >= 15 is 0 Å². The molecule has 0 spiro atoms. The Morgan fingerprint density at radius 3 is 2.80 bits per heavy atom. The lowest BCUT2D eigenvalue weighted by molar-refractivity contribution is -0.120. The number of alkyl halides is 2. The Morgan fingerprint density at radius 1 is 1.36 bits per heavy atom. The fourth-order valence-corrected chi connectivity index (χ4v) is 2.17. The normalized spacial score (nSPS) is 11.4.